The van der Waals surface area contributed by atoms with Crippen LogP contribution in [0.3, 0.4) is 0 Å². The summed E-state index contributed by atoms with van der Waals surface area (Å²) in [6, 6.07) is 7.15. The minimum Gasteiger partial charge on any atom is -0.384 e. The standard InChI is InChI=1S/C17H23ClN6O2/c1-26-12-17(6-8-19-9-7-17)11-20-15(25)10-24-22-16(21-23-24)13-2-4-14(18)5-3-13/h2-5,19H,6-12H2,1H3,(H,20,25). The van der Waals surface area contributed by atoms with Gasteiger partial charge >= 0.3 is 0 Å². The third-order valence-electron chi connectivity index (χ3n) is 4.62. The summed E-state index contributed by atoms with van der Waals surface area (Å²) < 4.78 is 5.37. The van der Waals surface area contributed by atoms with Crippen LogP contribution >= 0.6 is 11.6 Å². The molecule has 0 bridgehead atoms. The molecule has 1 saturated heterocycles. The second-order valence-corrected chi connectivity index (χ2v) is 7.05. The van der Waals surface area contributed by atoms with Crippen LogP contribution in [0.4, 0.5) is 0 Å². The molecular weight excluding hydrogens is 356 g/mol. The molecule has 0 saturated carbocycles. The van der Waals surface area contributed by atoms with E-state index in [4.69, 9.17) is 16.3 Å². The largest absolute Gasteiger partial charge is 0.384 e. The number of halogens is 1. The number of aromatic nitrogens is 4. The highest BCUT2D eigenvalue weighted by atomic mass is 35.5. The molecule has 9 heteroatoms. The van der Waals surface area contributed by atoms with Gasteiger partial charge in [-0.15, -0.1) is 10.2 Å². The zero-order valence-corrected chi connectivity index (χ0v) is 15.5. The van der Waals surface area contributed by atoms with Crippen LogP contribution in [0, 0.1) is 5.41 Å². The molecule has 8 nitrogen and oxygen atoms in total. The maximum absolute atomic E-state index is 12.3. The van der Waals surface area contributed by atoms with Crippen LogP contribution in [0.15, 0.2) is 24.3 Å². The van der Waals surface area contributed by atoms with Crippen LogP contribution in [0.1, 0.15) is 12.8 Å². The number of piperidine rings is 1. The topological polar surface area (TPSA) is 94.0 Å². The molecule has 26 heavy (non-hydrogen) atoms. The molecule has 0 spiro atoms. The SMILES string of the molecule is COCC1(CNC(=O)Cn2nnc(-c3ccc(Cl)cc3)n2)CCNCC1. The molecule has 0 atom stereocenters. The Morgan fingerprint density at radius 1 is 1.35 bits per heavy atom. The normalized spacial score (nSPS) is 16.4. The first-order chi connectivity index (χ1) is 12.6. The average Bonchev–Trinajstić information content (AvgIpc) is 3.10. The van der Waals surface area contributed by atoms with Crippen LogP contribution in [-0.4, -0.2) is 59.5 Å². The maximum atomic E-state index is 12.3. The molecule has 0 radical (unpaired) electrons. The molecule has 1 aromatic heterocycles. The summed E-state index contributed by atoms with van der Waals surface area (Å²) in [5.74, 6) is 0.322. The van der Waals surface area contributed by atoms with Crippen molar-refractivity contribution < 1.29 is 9.53 Å². The third kappa shape index (κ3) is 4.78. The average molecular weight is 379 g/mol. The van der Waals surface area contributed by atoms with Crippen molar-refractivity contribution in [2.45, 2.75) is 19.4 Å². The van der Waals surface area contributed by atoms with Crippen molar-refractivity contribution in [3.05, 3.63) is 29.3 Å². The molecule has 2 aromatic rings. The van der Waals surface area contributed by atoms with Gasteiger partial charge in [0.2, 0.25) is 11.7 Å². The fourth-order valence-electron chi connectivity index (χ4n) is 3.13. The predicted octanol–water partition coefficient (Wildman–Crippen LogP) is 1.13. The highest BCUT2D eigenvalue weighted by Crippen LogP contribution is 2.28. The number of tetrazole rings is 1. The number of rotatable bonds is 7. The summed E-state index contributed by atoms with van der Waals surface area (Å²) >= 11 is 5.88. The number of nitrogens with one attached hydrogen (secondary N) is 2. The van der Waals surface area contributed by atoms with Crippen molar-refractivity contribution in [2.24, 2.45) is 5.41 Å². The molecule has 1 aliphatic heterocycles. The molecule has 3 rings (SSSR count). The van der Waals surface area contributed by atoms with E-state index in [0.29, 0.717) is 24.0 Å². The highest BCUT2D eigenvalue weighted by molar-refractivity contribution is 6.30. The van der Waals surface area contributed by atoms with E-state index < -0.39 is 0 Å². The van der Waals surface area contributed by atoms with Gasteiger partial charge in [0, 0.05) is 29.7 Å². The number of methoxy groups -OCH3 is 1. The van der Waals surface area contributed by atoms with Gasteiger partial charge in [-0.1, -0.05) is 11.6 Å². The molecular formula is C17H23ClN6O2. The van der Waals surface area contributed by atoms with E-state index in [9.17, 15) is 4.79 Å². The fraction of sp³-hybridized carbons (Fsp3) is 0.529. The number of amides is 1. The van der Waals surface area contributed by atoms with E-state index in [1.807, 2.05) is 12.1 Å². The fourth-order valence-corrected chi connectivity index (χ4v) is 3.26. The Morgan fingerprint density at radius 2 is 2.08 bits per heavy atom. The summed E-state index contributed by atoms with van der Waals surface area (Å²) in [6.45, 7) is 3.13. The predicted molar refractivity (Wildman–Crippen MR) is 97.7 cm³/mol. The quantitative estimate of drug-likeness (QED) is 0.750. The van der Waals surface area contributed by atoms with Gasteiger partial charge in [0.25, 0.3) is 0 Å². The molecule has 1 amide bonds. The van der Waals surface area contributed by atoms with Crippen molar-refractivity contribution in [1.29, 1.82) is 0 Å². The van der Waals surface area contributed by atoms with Crippen LogP contribution in [0.25, 0.3) is 11.4 Å². The minimum absolute atomic E-state index is 0.0140. The van der Waals surface area contributed by atoms with Gasteiger partial charge in [-0.3, -0.25) is 4.79 Å². The second kappa shape index (κ2) is 8.57. The Labute approximate surface area is 157 Å². The highest BCUT2D eigenvalue weighted by Gasteiger charge is 2.32. The Kier molecular flexibility index (Phi) is 6.18. The van der Waals surface area contributed by atoms with E-state index in [2.05, 4.69) is 26.0 Å². The van der Waals surface area contributed by atoms with Gasteiger partial charge in [0.1, 0.15) is 6.54 Å². The Hall–Kier alpha value is -2.03. The summed E-state index contributed by atoms with van der Waals surface area (Å²) in [4.78, 5) is 13.6. The first kappa shape index (κ1) is 18.8. The summed E-state index contributed by atoms with van der Waals surface area (Å²) in [5.41, 5.74) is 0.787. The van der Waals surface area contributed by atoms with E-state index in [1.165, 1.54) is 4.80 Å². The Bertz CT molecular complexity index is 722. The monoisotopic (exact) mass is 378 g/mol. The van der Waals surface area contributed by atoms with Gasteiger partial charge < -0.3 is 15.4 Å². The zero-order chi connectivity index (χ0) is 18.4. The third-order valence-corrected chi connectivity index (χ3v) is 4.87. The summed E-state index contributed by atoms with van der Waals surface area (Å²) in [6.07, 6.45) is 1.95. The number of benzene rings is 1. The van der Waals surface area contributed by atoms with Crippen LogP contribution in [0.5, 0.6) is 0 Å². The van der Waals surface area contributed by atoms with Crippen molar-refractivity contribution in [3.8, 4) is 11.4 Å². The Balaban J connectivity index is 1.55. The van der Waals surface area contributed by atoms with Crippen LogP contribution in [0.2, 0.25) is 5.02 Å². The van der Waals surface area contributed by atoms with E-state index in [1.54, 1.807) is 19.2 Å². The molecule has 2 N–H and O–H groups in total. The molecule has 140 valence electrons. The first-order valence-corrected chi connectivity index (χ1v) is 8.98. The summed E-state index contributed by atoms with van der Waals surface area (Å²) in [7, 11) is 1.70. The molecule has 2 heterocycles. The first-order valence-electron chi connectivity index (χ1n) is 8.60. The van der Waals surface area contributed by atoms with Crippen molar-refractivity contribution in [2.75, 3.05) is 33.4 Å². The molecule has 1 fully saturated rings. The van der Waals surface area contributed by atoms with Crippen LogP contribution in [-0.2, 0) is 16.1 Å². The molecule has 1 aliphatic rings. The number of hydrogen-bond donors (Lipinski definition) is 2. The maximum Gasteiger partial charge on any atom is 0.243 e. The number of carbonyl (C=O) groups is 1. The zero-order valence-electron chi connectivity index (χ0n) is 14.7. The van der Waals surface area contributed by atoms with Gasteiger partial charge in [-0.2, -0.15) is 4.80 Å². The second-order valence-electron chi connectivity index (χ2n) is 6.61. The molecule has 0 unspecified atom stereocenters. The van der Waals surface area contributed by atoms with Crippen LogP contribution < -0.4 is 10.6 Å². The number of carbonyl (C=O) groups excluding carboxylic acids is 1. The van der Waals surface area contributed by atoms with Gasteiger partial charge in [-0.25, -0.2) is 0 Å². The van der Waals surface area contributed by atoms with Crippen molar-refractivity contribution in [3.63, 3.8) is 0 Å². The van der Waals surface area contributed by atoms with Gasteiger partial charge in [0.05, 0.1) is 6.61 Å². The minimum atomic E-state index is -0.140. The molecule has 1 aromatic carbocycles. The van der Waals surface area contributed by atoms with Gasteiger partial charge in [-0.05, 0) is 55.4 Å². The lowest BCUT2D eigenvalue weighted by Crippen LogP contribution is -2.47. The van der Waals surface area contributed by atoms with Gasteiger partial charge in [0.15, 0.2) is 0 Å². The number of nitrogens with zero attached hydrogens (tertiary/aromatic N) is 4. The smallest absolute Gasteiger partial charge is 0.243 e. The lowest BCUT2D eigenvalue weighted by molar-refractivity contribution is -0.123. The van der Waals surface area contributed by atoms with E-state index in [0.717, 1.165) is 31.5 Å². The lowest BCUT2D eigenvalue weighted by Gasteiger charge is -2.37. The number of hydrogen-bond acceptors (Lipinski definition) is 6. The van der Waals surface area contributed by atoms with Crippen molar-refractivity contribution in [1.82, 2.24) is 30.8 Å². The van der Waals surface area contributed by atoms with Crippen molar-refractivity contribution >= 4 is 17.5 Å². The number of ether oxygens (including phenoxy) is 1. The van der Waals surface area contributed by atoms with E-state index >= 15 is 0 Å². The Morgan fingerprint density at radius 3 is 2.77 bits per heavy atom. The summed E-state index contributed by atoms with van der Waals surface area (Å²) in [5, 5.41) is 19.2. The van der Waals surface area contributed by atoms with E-state index in [-0.39, 0.29) is 17.9 Å². The molecule has 0 aliphatic carbocycles. The lowest BCUT2D eigenvalue weighted by atomic mass is 9.79.